The topological polar surface area (TPSA) is 21.3 Å². The molecule has 0 saturated heterocycles. The van der Waals surface area contributed by atoms with Crippen LogP contribution in [0.4, 0.5) is 5.69 Å². The SMILES string of the molecule is CCOc1ccc(CNc2ccccc2C(C)C)cc1. The van der Waals surface area contributed by atoms with Crippen LogP contribution in [0.3, 0.4) is 0 Å². The molecule has 2 nitrogen and oxygen atoms in total. The third-order valence-corrected chi connectivity index (χ3v) is 3.30. The maximum absolute atomic E-state index is 5.45. The average Bonchev–Trinajstić information content (AvgIpc) is 2.47. The lowest BCUT2D eigenvalue weighted by Crippen LogP contribution is -2.03. The van der Waals surface area contributed by atoms with Crippen LogP contribution in [0.2, 0.25) is 0 Å². The second-order valence-electron chi connectivity index (χ2n) is 5.17. The van der Waals surface area contributed by atoms with Gasteiger partial charge in [-0.15, -0.1) is 0 Å². The summed E-state index contributed by atoms with van der Waals surface area (Å²) in [4.78, 5) is 0. The Morgan fingerprint density at radius 2 is 1.70 bits per heavy atom. The standard InChI is InChI=1S/C18H23NO/c1-4-20-16-11-9-15(10-12-16)13-19-18-8-6-5-7-17(18)14(2)3/h5-12,14,19H,4,13H2,1-3H3. The van der Waals surface area contributed by atoms with Crippen molar-refractivity contribution in [3.63, 3.8) is 0 Å². The summed E-state index contributed by atoms with van der Waals surface area (Å²) in [6.45, 7) is 7.97. The molecule has 106 valence electrons. The molecule has 0 aliphatic heterocycles. The molecule has 2 aromatic rings. The summed E-state index contributed by atoms with van der Waals surface area (Å²) >= 11 is 0. The monoisotopic (exact) mass is 269 g/mol. The van der Waals surface area contributed by atoms with E-state index >= 15 is 0 Å². The van der Waals surface area contributed by atoms with Gasteiger partial charge in [0.1, 0.15) is 5.75 Å². The highest BCUT2D eigenvalue weighted by Crippen LogP contribution is 2.24. The normalized spacial score (nSPS) is 10.6. The van der Waals surface area contributed by atoms with Gasteiger partial charge in [0, 0.05) is 12.2 Å². The molecule has 0 atom stereocenters. The Balaban J connectivity index is 2.01. The van der Waals surface area contributed by atoms with Gasteiger partial charge in [0.05, 0.1) is 6.61 Å². The first-order chi connectivity index (χ1) is 9.70. The first kappa shape index (κ1) is 14.4. The Morgan fingerprint density at radius 1 is 1.00 bits per heavy atom. The molecular formula is C18H23NO. The molecule has 0 aliphatic rings. The number of para-hydroxylation sites is 1. The molecule has 0 spiro atoms. The van der Waals surface area contributed by atoms with Gasteiger partial charge in [0.2, 0.25) is 0 Å². The molecule has 2 heteroatoms. The van der Waals surface area contributed by atoms with Gasteiger partial charge in [-0.25, -0.2) is 0 Å². The molecule has 0 unspecified atom stereocenters. The number of rotatable bonds is 6. The summed E-state index contributed by atoms with van der Waals surface area (Å²) in [7, 11) is 0. The van der Waals surface area contributed by atoms with Crippen molar-refractivity contribution in [1.82, 2.24) is 0 Å². The van der Waals surface area contributed by atoms with Crippen molar-refractivity contribution >= 4 is 5.69 Å². The number of hydrogen-bond acceptors (Lipinski definition) is 2. The van der Waals surface area contributed by atoms with Crippen LogP contribution in [0.5, 0.6) is 5.75 Å². The summed E-state index contributed by atoms with van der Waals surface area (Å²) in [5.41, 5.74) is 3.84. The highest BCUT2D eigenvalue weighted by molar-refractivity contribution is 5.52. The van der Waals surface area contributed by atoms with E-state index in [0.29, 0.717) is 12.5 Å². The van der Waals surface area contributed by atoms with E-state index in [9.17, 15) is 0 Å². The van der Waals surface area contributed by atoms with E-state index in [4.69, 9.17) is 4.74 Å². The summed E-state index contributed by atoms with van der Waals surface area (Å²) in [6, 6.07) is 16.8. The zero-order valence-electron chi connectivity index (χ0n) is 12.5. The molecule has 0 aromatic heterocycles. The lowest BCUT2D eigenvalue weighted by Gasteiger charge is -2.14. The molecule has 20 heavy (non-hydrogen) atoms. The molecular weight excluding hydrogens is 246 g/mol. The van der Waals surface area contributed by atoms with Crippen LogP contribution in [-0.4, -0.2) is 6.61 Å². The lowest BCUT2D eigenvalue weighted by atomic mass is 10.0. The van der Waals surface area contributed by atoms with E-state index in [-0.39, 0.29) is 0 Å². The number of nitrogens with one attached hydrogen (secondary N) is 1. The van der Waals surface area contributed by atoms with Crippen LogP contribution in [-0.2, 0) is 6.54 Å². The minimum absolute atomic E-state index is 0.527. The van der Waals surface area contributed by atoms with E-state index in [1.165, 1.54) is 16.8 Å². The van der Waals surface area contributed by atoms with Crippen molar-refractivity contribution in [2.45, 2.75) is 33.2 Å². The fourth-order valence-corrected chi connectivity index (χ4v) is 2.23. The molecule has 2 rings (SSSR count). The Kier molecular flexibility index (Phi) is 5.05. The molecule has 1 N–H and O–H groups in total. The number of hydrogen-bond donors (Lipinski definition) is 1. The first-order valence-electron chi connectivity index (χ1n) is 7.25. The van der Waals surface area contributed by atoms with E-state index < -0.39 is 0 Å². The number of anilines is 1. The van der Waals surface area contributed by atoms with E-state index in [1.807, 2.05) is 19.1 Å². The molecule has 0 saturated carbocycles. The van der Waals surface area contributed by atoms with Gasteiger partial charge < -0.3 is 10.1 Å². The van der Waals surface area contributed by atoms with Gasteiger partial charge in [-0.05, 0) is 42.2 Å². The van der Waals surface area contributed by atoms with Gasteiger partial charge >= 0.3 is 0 Å². The van der Waals surface area contributed by atoms with Gasteiger partial charge in [0.15, 0.2) is 0 Å². The third kappa shape index (κ3) is 3.77. The van der Waals surface area contributed by atoms with Gasteiger partial charge in [0.25, 0.3) is 0 Å². The van der Waals surface area contributed by atoms with Crippen molar-refractivity contribution < 1.29 is 4.74 Å². The molecule has 0 fully saturated rings. The van der Waals surface area contributed by atoms with E-state index in [1.54, 1.807) is 0 Å². The van der Waals surface area contributed by atoms with Crippen LogP contribution in [0.15, 0.2) is 48.5 Å². The fourth-order valence-electron chi connectivity index (χ4n) is 2.23. The van der Waals surface area contributed by atoms with E-state index in [0.717, 1.165) is 12.3 Å². The molecule has 0 aliphatic carbocycles. The summed E-state index contributed by atoms with van der Waals surface area (Å²) in [5.74, 6) is 1.46. The predicted molar refractivity (Wildman–Crippen MR) is 85.5 cm³/mol. The van der Waals surface area contributed by atoms with Crippen molar-refractivity contribution in [2.75, 3.05) is 11.9 Å². The van der Waals surface area contributed by atoms with Crippen LogP contribution in [0.25, 0.3) is 0 Å². The zero-order valence-corrected chi connectivity index (χ0v) is 12.5. The van der Waals surface area contributed by atoms with E-state index in [2.05, 4.69) is 55.6 Å². The quantitative estimate of drug-likeness (QED) is 0.811. The van der Waals surface area contributed by atoms with Crippen molar-refractivity contribution in [3.05, 3.63) is 59.7 Å². The zero-order chi connectivity index (χ0) is 14.4. The molecule has 0 heterocycles. The van der Waals surface area contributed by atoms with Crippen molar-refractivity contribution in [2.24, 2.45) is 0 Å². The summed E-state index contributed by atoms with van der Waals surface area (Å²) in [6.07, 6.45) is 0. The molecule has 0 radical (unpaired) electrons. The molecule has 0 amide bonds. The van der Waals surface area contributed by atoms with Crippen LogP contribution < -0.4 is 10.1 Å². The van der Waals surface area contributed by atoms with Crippen LogP contribution >= 0.6 is 0 Å². The van der Waals surface area contributed by atoms with Gasteiger partial charge in [-0.1, -0.05) is 44.2 Å². The fraction of sp³-hybridized carbons (Fsp3) is 0.333. The average molecular weight is 269 g/mol. The Morgan fingerprint density at radius 3 is 2.35 bits per heavy atom. The highest BCUT2D eigenvalue weighted by atomic mass is 16.5. The highest BCUT2D eigenvalue weighted by Gasteiger charge is 2.05. The van der Waals surface area contributed by atoms with Crippen LogP contribution in [0, 0.1) is 0 Å². The molecule has 0 bridgehead atoms. The predicted octanol–water partition coefficient (Wildman–Crippen LogP) is 4.82. The van der Waals surface area contributed by atoms with Gasteiger partial charge in [-0.3, -0.25) is 0 Å². The summed E-state index contributed by atoms with van der Waals surface area (Å²) in [5, 5.41) is 3.52. The second kappa shape index (κ2) is 6.99. The third-order valence-electron chi connectivity index (χ3n) is 3.30. The largest absolute Gasteiger partial charge is 0.494 e. The van der Waals surface area contributed by atoms with Crippen LogP contribution in [0.1, 0.15) is 37.8 Å². The Hall–Kier alpha value is -1.96. The maximum atomic E-state index is 5.45. The minimum atomic E-state index is 0.527. The number of benzene rings is 2. The number of ether oxygens (including phenoxy) is 1. The minimum Gasteiger partial charge on any atom is -0.494 e. The second-order valence-corrected chi connectivity index (χ2v) is 5.17. The Labute approximate surface area is 121 Å². The van der Waals surface area contributed by atoms with Crippen molar-refractivity contribution in [3.8, 4) is 5.75 Å². The first-order valence-corrected chi connectivity index (χ1v) is 7.25. The Bertz CT molecular complexity index is 531. The molecule has 2 aromatic carbocycles. The summed E-state index contributed by atoms with van der Waals surface area (Å²) < 4.78 is 5.45. The van der Waals surface area contributed by atoms with Crippen molar-refractivity contribution in [1.29, 1.82) is 0 Å². The smallest absolute Gasteiger partial charge is 0.119 e. The van der Waals surface area contributed by atoms with Gasteiger partial charge in [-0.2, -0.15) is 0 Å². The lowest BCUT2D eigenvalue weighted by molar-refractivity contribution is 0.340. The maximum Gasteiger partial charge on any atom is 0.119 e.